The van der Waals surface area contributed by atoms with E-state index in [1.54, 1.807) is 57.2 Å². The number of pyridine rings is 1. The van der Waals surface area contributed by atoms with Crippen molar-refractivity contribution in [2.45, 2.75) is 32.9 Å². The molecular weight excluding hydrogens is 479 g/mol. The van der Waals surface area contributed by atoms with Gasteiger partial charge >= 0.3 is 0 Å². The molecule has 6 N–H and O–H groups in total. The minimum absolute atomic E-state index is 0.0419. The van der Waals surface area contributed by atoms with E-state index in [0.717, 1.165) is 6.07 Å². The minimum Gasteiger partial charge on any atom is -0.490 e. The first-order chi connectivity index (χ1) is 17.7. The van der Waals surface area contributed by atoms with Gasteiger partial charge in [0.25, 0.3) is 11.8 Å². The zero-order chi connectivity index (χ0) is 26.9. The number of anilines is 1. The molecule has 0 aliphatic rings. The van der Waals surface area contributed by atoms with Crippen LogP contribution >= 0.6 is 0 Å². The monoisotopic (exact) mass is 508 g/mol. The molecule has 0 aliphatic heterocycles. The van der Waals surface area contributed by atoms with Crippen molar-refractivity contribution in [2.75, 3.05) is 11.9 Å². The Hall–Kier alpha value is -4.67. The molecule has 1 unspecified atom stereocenters. The van der Waals surface area contributed by atoms with Gasteiger partial charge in [0.2, 0.25) is 0 Å². The molecule has 0 aliphatic carbocycles. The van der Waals surface area contributed by atoms with Crippen molar-refractivity contribution >= 4 is 23.3 Å². The largest absolute Gasteiger partial charge is 0.490 e. The van der Waals surface area contributed by atoms with Crippen LogP contribution in [0, 0.1) is 11.2 Å². The summed E-state index contributed by atoms with van der Waals surface area (Å²) in [4.78, 5) is 29.5. The SMILES string of the molecule is CCOc1cc(C(Nc2ccc(C(=N)N)cc2)C(=O)NNC(=O)c2ccccn2)c(F)cc1OC(C)C. The number of aromatic nitrogens is 1. The van der Waals surface area contributed by atoms with Gasteiger partial charge in [-0.1, -0.05) is 6.07 Å². The molecule has 0 saturated carbocycles. The van der Waals surface area contributed by atoms with Crippen LogP contribution in [0.5, 0.6) is 11.5 Å². The van der Waals surface area contributed by atoms with Gasteiger partial charge in [-0.05, 0) is 63.2 Å². The number of halogens is 1. The number of nitrogens with two attached hydrogens (primary N) is 1. The second kappa shape index (κ2) is 12.3. The molecular formula is C26H29FN6O4. The highest BCUT2D eigenvalue weighted by molar-refractivity contribution is 5.96. The second-order valence-corrected chi connectivity index (χ2v) is 8.15. The quantitative estimate of drug-likeness (QED) is 0.160. The maximum Gasteiger partial charge on any atom is 0.288 e. The third-order valence-corrected chi connectivity index (χ3v) is 5.00. The number of carbonyl (C=O) groups is 2. The molecule has 3 rings (SSSR count). The summed E-state index contributed by atoms with van der Waals surface area (Å²) in [6.45, 7) is 5.66. The number of carbonyl (C=O) groups excluding carboxylic acids is 2. The van der Waals surface area contributed by atoms with Crippen LogP contribution in [0.15, 0.2) is 60.8 Å². The number of ether oxygens (including phenoxy) is 2. The van der Waals surface area contributed by atoms with Crippen molar-refractivity contribution in [2.24, 2.45) is 5.73 Å². The summed E-state index contributed by atoms with van der Waals surface area (Å²) in [5.41, 5.74) is 11.1. The van der Waals surface area contributed by atoms with E-state index in [1.165, 1.54) is 18.3 Å². The molecule has 1 atom stereocenters. The van der Waals surface area contributed by atoms with Crippen LogP contribution < -0.4 is 31.4 Å². The predicted molar refractivity (Wildman–Crippen MR) is 137 cm³/mol. The second-order valence-electron chi connectivity index (χ2n) is 8.15. The van der Waals surface area contributed by atoms with Crippen molar-refractivity contribution in [1.29, 1.82) is 5.41 Å². The van der Waals surface area contributed by atoms with E-state index in [4.69, 9.17) is 20.6 Å². The summed E-state index contributed by atoms with van der Waals surface area (Å²) in [5, 5.41) is 10.5. The van der Waals surface area contributed by atoms with Crippen LogP contribution in [-0.4, -0.2) is 35.3 Å². The number of rotatable bonds is 10. The fraction of sp³-hybridized carbons (Fsp3) is 0.231. The van der Waals surface area contributed by atoms with Gasteiger partial charge in [0.05, 0.1) is 12.7 Å². The van der Waals surface area contributed by atoms with Gasteiger partial charge in [0.1, 0.15) is 23.4 Å². The predicted octanol–water partition coefficient (Wildman–Crippen LogP) is 3.31. The molecule has 0 spiro atoms. The molecule has 0 bridgehead atoms. The Morgan fingerprint density at radius 2 is 1.81 bits per heavy atom. The van der Waals surface area contributed by atoms with Crippen LogP contribution in [0.1, 0.15) is 48.4 Å². The fourth-order valence-corrected chi connectivity index (χ4v) is 3.34. The fourth-order valence-electron chi connectivity index (χ4n) is 3.34. The zero-order valence-electron chi connectivity index (χ0n) is 20.7. The lowest BCUT2D eigenvalue weighted by molar-refractivity contribution is -0.122. The van der Waals surface area contributed by atoms with E-state index in [1.807, 2.05) is 0 Å². The molecule has 0 saturated heterocycles. The number of amidine groups is 1. The number of nitrogens with one attached hydrogen (secondary N) is 4. The van der Waals surface area contributed by atoms with Gasteiger partial charge in [-0.3, -0.25) is 30.8 Å². The van der Waals surface area contributed by atoms with Crippen molar-refractivity contribution in [3.8, 4) is 11.5 Å². The molecule has 11 heteroatoms. The van der Waals surface area contributed by atoms with E-state index < -0.39 is 23.7 Å². The standard InChI is InChI=1S/C26H29FN6O4/c1-4-36-21-13-18(19(27)14-22(21)37-15(2)3)23(31-17-10-8-16(9-11-17)24(28)29)26(35)33-32-25(34)20-7-5-6-12-30-20/h5-15,23,31H,4H2,1-3H3,(H3,28,29)(H,32,34)(H,33,35). The van der Waals surface area contributed by atoms with Gasteiger partial charge in [-0.2, -0.15) is 0 Å². The first kappa shape index (κ1) is 26.9. The van der Waals surface area contributed by atoms with E-state index in [-0.39, 0.29) is 41.3 Å². The number of hydrogen-bond acceptors (Lipinski definition) is 7. The molecule has 10 nitrogen and oxygen atoms in total. The molecule has 0 radical (unpaired) electrons. The summed E-state index contributed by atoms with van der Waals surface area (Å²) in [7, 11) is 0. The normalized spacial score (nSPS) is 11.4. The Morgan fingerprint density at radius 1 is 1.08 bits per heavy atom. The zero-order valence-corrected chi connectivity index (χ0v) is 20.7. The first-order valence-corrected chi connectivity index (χ1v) is 11.5. The highest BCUT2D eigenvalue weighted by Gasteiger charge is 2.27. The summed E-state index contributed by atoms with van der Waals surface area (Å²) in [6, 6.07) is 12.4. The Kier molecular flexibility index (Phi) is 8.98. The Balaban J connectivity index is 1.94. The van der Waals surface area contributed by atoms with Crippen LogP contribution in [0.4, 0.5) is 10.1 Å². The minimum atomic E-state index is -1.29. The highest BCUT2D eigenvalue weighted by Crippen LogP contribution is 2.35. The maximum absolute atomic E-state index is 15.4. The summed E-state index contributed by atoms with van der Waals surface area (Å²) >= 11 is 0. The van der Waals surface area contributed by atoms with Crippen molar-refractivity contribution in [3.05, 3.63) is 83.4 Å². The van der Waals surface area contributed by atoms with Crippen LogP contribution in [0.25, 0.3) is 0 Å². The Labute approximate surface area is 213 Å². The van der Waals surface area contributed by atoms with Crippen LogP contribution in [0.3, 0.4) is 0 Å². The number of nitrogen functional groups attached to an aromatic ring is 1. The van der Waals surface area contributed by atoms with Crippen LogP contribution in [-0.2, 0) is 4.79 Å². The summed E-state index contributed by atoms with van der Waals surface area (Å²) < 4.78 is 26.7. The average molecular weight is 509 g/mol. The molecule has 1 aromatic heterocycles. The first-order valence-electron chi connectivity index (χ1n) is 11.5. The lowest BCUT2D eigenvalue weighted by Crippen LogP contribution is -2.45. The smallest absolute Gasteiger partial charge is 0.288 e. The van der Waals surface area contributed by atoms with E-state index in [2.05, 4.69) is 21.2 Å². The van der Waals surface area contributed by atoms with Gasteiger partial charge < -0.3 is 20.5 Å². The number of benzene rings is 2. The van der Waals surface area contributed by atoms with Crippen molar-refractivity contribution in [1.82, 2.24) is 15.8 Å². The van der Waals surface area contributed by atoms with E-state index in [9.17, 15) is 9.59 Å². The molecule has 3 aromatic rings. The Bertz CT molecular complexity index is 1250. The molecule has 0 fully saturated rings. The summed E-state index contributed by atoms with van der Waals surface area (Å²) in [6.07, 6.45) is 1.21. The van der Waals surface area contributed by atoms with E-state index >= 15 is 4.39 Å². The van der Waals surface area contributed by atoms with Gasteiger partial charge in [-0.15, -0.1) is 0 Å². The molecule has 37 heavy (non-hydrogen) atoms. The third-order valence-electron chi connectivity index (χ3n) is 5.00. The lowest BCUT2D eigenvalue weighted by Gasteiger charge is -2.23. The van der Waals surface area contributed by atoms with Crippen molar-refractivity contribution in [3.63, 3.8) is 0 Å². The van der Waals surface area contributed by atoms with Gasteiger partial charge in [0, 0.05) is 29.1 Å². The molecule has 1 heterocycles. The molecule has 2 amide bonds. The number of amides is 2. The maximum atomic E-state index is 15.4. The molecule has 2 aromatic carbocycles. The Morgan fingerprint density at radius 3 is 2.41 bits per heavy atom. The lowest BCUT2D eigenvalue weighted by atomic mass is 10.0. The summed E-state index contributed by atoms with van der Waals surface area (Å²) in [5.74, 6) is -1.77. The van der Waals surface area contributed by atoms with Gasteiger partial charge in [-0.25, -0.2) is 4.39 Å². The van der Waals surface area contributed by atoms with Crippen molar-refractivity contribution < 1.29 is 23.5 Å². The number of hydrazine groups is 1. The van der Waals surface area contributed by atoms with E-state index in [0.29, 0.717) is 11.3 Å². The average Bonchev–Trinajstić information content (AvgIpc) is 2.88. The highest BCUT2D eigenvalue weighted by atomic mass is 19.1. The molecule has 194 valence electrons. The topological polar surface area (TPSA) is 151 Å². The third kappa shape index (κ3) is 7.17. The van der Waals surface area contributed by atoms with Crippen LogP contribution in [0.2, 0.25) is 0 Å². The number of nitrogens with zero attached hydrogens (tertiary/aromatic N) is 1. The number of hydrogen-bond donors (Lipinski definition) is 5. The van der Waals surface area contributed by atoms with Gasteiger partial charge in [0.15, 0.2) is 11.5 Å².